The number of aryl methyl sites for hydroxylation is 3. The first-order chi connectivity index (χ1) is 13.1. The molecule has 1 aromatic heterocycles. The summed E-state index contributed by atoms with van der Waals surface area (Å²) in [6.45, 7) is 7.10. The predicted octanol–water partition coefficient (Wildman–Crippen LogP) is 5.88. The van der Waals surface area contributed by atoms with Crippen LogP contribution in [0.2, 0.25) is 0 Å². The molecule has 0 aliphatic heterocycles. The molecular formula is C24H27NO2. The van der Waals surface area contributed by atoms with Crippen LogP contribution in [0.1, 0.15) is 54.3 Å². The fraction of sp³-hybridized carbons (Fsp3) is 0.375. The molecule has 1 aliphatic carbocycles. The van der Waals surface area contributed by atoms with Crippen LogP contribution in [0, 0.1) is 6.92 Å². The molecule has 27 heavy (non-hydrogen) atoms. The summed E-state index contributed by atoms with van der Waals surface area (Å²) in [5.41, 5.74) is 6.18. The first kappa shape index (κ1) is 17.8. The highest BCUT2D eigenvalue weighted by molar-refractivity contribution is 5.54. The van der Waals surface area contributed by atoms with E-state index in [2.05, 4.69) is 63.2 Å². The average molecular weight is 361 g/mol. The van der Waals surface area contributed by atoms with Crippen molar-refractivity contribution < 1.29 is 9.15 Å². The molecular weight excluding hydrogens is 334 g/mol. The highest BCUT2D eigenvalue weighted by Gasteiger charge is 2.19. The molecule has 0 amide bonds. The van der Waals surface area contributed by atoms with Gasteiger partial charge >= 0.3 is 0 Å². The van der Waals surface area contributed by atoms with E-state index in [4.69, 9.17) is 14.1 Å². The Morgan fingerprint density at radius 2 is 1.96 bits per heavy atom. The number of ether oxygens (including phenoxy) is 1. The van der Waals surface area contributed by atoms with Crippen LogP contribution in [0.15, 0.2) is 46.9 Å². The summed E-state index contributed by atoms with van der Waals surface area (Å²) in [7, 11) is 0. The molecule has 2 aromatic carbocycles. The molecule has 0 saturated carbocycles. The fourth-order valence-corrected chi connectivity index (χ4v) is 3.84. The quantitative estimate of drug-likeness (QED) is 0.549. The Balaban J connectivity index is 1.43. The van der Waals surface area contributed by atoms with Crippen molar-refractivity contribution in [3.63, 3.8) is 0 Å². The van der Waals surface area contributed by atoms with E-state index in [1.165, 1.54) is 23.1 Å². The summed E-state index contributed by atoms with van der Waals surface area (Å²) in [6.07, 6.45) is 4.01. The lowest BCUT2D eigenvalue weighted by Crippen LogP contribution is -2.04. The van der Waals surface area contributed by atoms with E-state index in [1.807, 2.05) is 0 Å². The number of hydrogen-bond acceptors (Lipinski definition) is 3. The first-order valence-electron chi connectivity index (χ1n) is 9.95. The van der Waals surface area contributed by atoms with Gasteiger partial charge in [-0.3, -0.25) is 0 Å². The van der Waals surface area contributed by atoms with Crippen LogP contribution in [0.5, 0.6) is 5.75 Å². The normalized spacial score (nSPS) is 15.7. The number of oxazole rings is 1. The number of aromatic nitrogens is 1. The van der Waals surface area contributed by atoms with Gasteiger partial charge in [0.05, 0.1) is 12.3 Å². The fourth-order valence-electron chi connectivity index (χ4n) is 3.84. The Morgan fingerprint density at radius 1 is 1.15 bits per heavy atom. The maximum atomic E-state index is 6.02. The van der Waals surface area contributed by atoms with Crippen molar-refractivity contribution in [1.82, 2.24) is 4.98 Å². The second-order valence-electron chi connectivity index (χ2n) is 7.51. The molecule has 0 spiro atoms. The molecule has 0 radical (unpaired) electrons. The van der Waals surface area contributed by atoms with Gasteiger partial charge < -0.3 is 9.15 Å². The Hall–Kier alpha value is -2.55. The van der Waals surface area contributed by atoms with Crippen LogP contribution < -0.4 is 4.74 Å². The van der Waals surface area contributed by atoms with Crippen LogP contribution in [0.4, 0.5) is 0 Å². The van der Waals surface area contributed by atoms with Crippen molar-refractivity contribution in [2.24, 2.45) is 0 Å². The highest BCUT2D eigenvalue weighted by atomic mass is 16.5. The van der Waals surface area contributed by atoms with Gasteiger partial charge in [-0.25, -0.2) is 4.98 Å². The standard InChI is InChI=1S/C24H27NO2/c1-4-23-22(25-24(27-23)18-8-5-16(2)6-9-18)13-14-26-20-11-12-21-17(3)7-10-19(21)15-20/h5-6,8-9,11-12,15,17H,4,7,10,13-14H2,1-3H3. The lowest BCUT2D eigenvalue weighted by Gasteiger charge is -2.09. The Kier molecular flexibility index (Phi) is 5.02. The topological polar surface area (TPSA) is 35.3 Å². The number of hydrogen-bond donors (Lipinski definition) is 0. The molecule has 3 nitrogen and oxygen atoms in total. The first-order valence-corrected chi connectivity index (χ1v) is 9.95. The maximum Gasteiger partial charge on any atom is 0.226 e. The summed E-state index contributed by atoms with van der Waals surface area (Å²) < 4.78 is 12.0. The number of benzene rings is 2. The third kappa shape index (κ3) is 3.78. The van der Waals surface area contributed by atoms with Gasteiger partial charge in [0.15, 0.2) is 0 Å². The zero-order valence-corrected chi connectivity index (χ0v) is 16.4. The zero-order chi connectivity index (χ0) is 18.8. The largest absolute Gasteiger partial charge is 0.493 e. The SMILES string of the molecule is CCc1oc(-c2ccc(C)cc2)nc1CCOc1ccc2c(c1)CCC2C. The van der Waals surface area contributed by atoms with Gasteiger partial charge in [-0.2, -0.15) is 0 Å². The van der Waals surface area contributed by atoms with Crippen molar-refractivity contribution in [3.8, 4) is 17.2 Å². The Bertz CT molecular complexity index is 924. The zero-order valence-electron chi connectivity index (χ0n) is 16.4. The van der Waals surface area contributed by atoms with Gasteiger partial charge in [0.1, 0.15) is 11.5 Å². The smallest absolute Gasteiger partial charge is 0.226 e. The molecule has 3 aromatic rings. The van der Waals surface area contributed by atoms with E-state index >= 15 is 0 Å². The minimum atomic E-state index is 0.612. The van der Waals surface area contributed by atoms with E-state index in [0.717, 1.165) is 42.0 Å². The summed E-state index contributed by atoms with van der Waals surface area (Å²) in [6, 6.07) is 14.8. The number of rotatable bonds is 6. The summed E-state index contributed by atoms with van der Waals surface area (Å²) in [5, 5.41) is 0. The highest BCUT2D eigenvalue weighted by Crippen LogP contribution is 2.34. The molecule has 1 unspecified atom stereocenters. The molecule has 1 aliphatic rings. The minimum absolute atomic E-state index is 0.612. The Morgan fingerprint density at radius 3 is 2.74 bits per heavy atom. The van der Waals surface area contributed by atoms with E-state index in [9.17, 15) is 0 Å². The van der Waals surface area contributed by atoms with Crippen LogP contribution in [-0.2, 0) is 19.3 Å². The van der Waals surface area contributed by atoms with E-state index in [0.29, 0.717) is 18.4 Å². The van der Waals surface area contributed by atoms with Crippen LogP contribution >= 0.6 is 0 Å². The Labute approximate surface area is 161 Å². The van der Waals surface area contributed by atoms with Gasteiger partial charge in [-0.1, -0.05) is 37.6 Å². The third-order valence-corrected chi connectivity index (χ3v) is 5.50. The maximum absolute atomic E-state index is 6.02. The molecule has 0 saturated heterocycles. The van der Waals surface area contributed by atoms with E-state index in [1.54, 1.807) is 0 Å². The molecule has 0 bridgehead atoms. The molecule has 1 heterocycles. The van der Waals surface area contributed by atoms with Crippen molar-refractivity contribution in [2.45, 2.75) is 52.4 Å². The van der Waals surface area contributed by atoms with E-state index in [-0.39, 0.29) is 0 Å². The molecule has 1 atom stereocenters. The third-order valence-electron chi connectivity index (χ3n) is 5.50. The number of nitrogens with zero attached hydrogens (tertiary/aromatic N) is 1. The molecule has 3 heteroatoms. The van der Waals surface area contributed by atoms with Crippen molar-refractivity contribution >= 4 is 0 Å². The minimum Gasteiger partial charge on any atom is -0.493 e. The van der Waals surface area contributed by atoms with Gasteiger partial charge in [0.25, 0.3) is 0 Å². The van der Waals surface area contributed by atoms with Gasteiger partial charge in [0, 0.05) is 18.4 Å². The monoisotopic (exact) mass is 361 g/mol. The lowest BCUT2D eigenvalue weighted by atomic mass is 10.0. The number of fused-ring (bicyclic) bond motifs is 1. The molecule has 140 valence electrons. The summed E-state index contributed by atoms with van der Waals surface area (Å²) in [5.74, 6) is 3.30. The molecule has 0 fully saturated rings. The average Bonchev–Trinajstić information content (AvgIpc) is 3.26. The van der Waals surface area contributed by atoms with Crippen LogP contribution in [0.3, 0.4) is 0 Å². The van der Waals surface area contributed by atoms with Crippen LogP contribution in [-0.4, -0.2) is 11.6 Å². The molecule has 0 N–H and O–H groups in total. The van der Waals surface area contributed by atoms with Crippen LogP contribution in [0.25, 0.3) is 11.5 Å². The predicted molar refractivity (Wildman–Crippen MR) is 108 cm³/mol. The summed E-state index contributed by atoms with van der Waals surface area (Å²) in [4.78, 5) is 4.73. The van der Waals surface area contributed by atoms with Crippen molar-refractivity contribution in [3.05, 3.63) is 70.6 Å². The molecule has 4 rings (SSSR count). The van der Waals surface area contributed by atoms with Gasteiger partial charge in [-0.15, -0.1) is 0 Å². The van der Waals surface area contributed by atoms with Gasteiger partial charge in [0.2, 0.25) is 5.89 Å². The van der Waals surface area contributed by atoms with Crippen molar-refractivity contribution in [1.29, 1.82) is 0 Å². The second kappa shape index (κ2) is 7.59. The van der Waals surface area contributed by atoms with E-state index < -0.39 is 0 Å². The second-order valence-corrected chi connectivity index (χ2v) is 7.51. The lowest BCUT2D eigenvalue weighted by molar-refractivity contribution is 0.319. The summed E-state index contributed by atoms with van der Waals surface area (Å²) >= 11 is 0. The van der Waals surface area contributed by atoms with Gasteiger partial charge in [-0.05, 0) is 61.1 Å². The van der Waals surface area contributed by atoms with Crippen molar-refractivity contribution in [2.75, 3.05) is 6.61 Å².